The highest BCUT2D eigenvalue weighted by Crippen LogP contribution is 2.20. The summed E-state index contributed by atoms with van der Waals surface area (Å²) in [4.78, 5) is 9.06. The van der Waals surface area contributed by atoms with Crippen LogP contribution in [0.2, 0.25) is 0 Å². The zero-order valence-corrected chi connectivity index (χ0v) is 11.7. The molecule has 1 unspecified atom stereocenters. The SMILES string of the molecule is CC(C)NCc1nc(C2CN(C)CCN2C)no1. The zero-order chi connectivity index (χ0) is 13.1. The molecule has 6 heteroatoms. The first kappa shape index (κ1) is 13.5. The van der Waals surface area contributed by atoms with E-state index in [0.717, 1.165) is 25.5 Å². The molecule has 0 spiro atoms. The van der Waals surface area contributed by atoms with Gasteiger partial charge in [0.05, 0.1) is 12.6 Å². The summed E-state index contributed by atoms with van der Waals surface area (Å²) in [6, 6.07) is 0.657. The van der Waals surface area contributed by atoms with Crippen LogP contribution in [0.5, 0.6) is 0 Å². The van der Waals surface area contributed by atoms with Crippen molar-refractivity contribution in [1.29, 1.82) is 0 Å². The predicted octanol–water partition coefficient (Wildman–Crippen LogP) is 0.486. The summed E-state index contributed by atoms with van der Waals surface area (Å²) in [7, 11) is 4.24. The third kappa shape index (κ3) is 3.28. The minimum atomic E-state index is 0.236. The molecular weight excluding hydrogens is 230 g/mol. The largest absolute Gasteiger partial charge is 0.338 e. The van der Waals surface area contributed by atoms with E-state index >= 15 is 0 Å². The van der Waals surface area contributed by atoms with Crippen molar-refractivity contribution < 1.29 is 4.52 Å². The van der Waals surface area contributed by atoms with Gasteiger partial charge in [0.1, 0.15) is 0 Å². The molecule has 6 nitrogen and oxygen atoms in total. The first-order chi connectivity index (χ1) is 8.56. The normalized spacial score (nSPS) is 22.8. The zero-order valence-electron chi connectivity index (χ0n) is 11.7. The number of hydrogen-bond donors (Lipinski definition) is 1. The molecule has 0 bridgehead atoms. The highest BCUT2D eigenvalue weighted by atomic mass is 16.5. The number of nitrogens with zero attached hydrogens (tertiary/aromatic N) is 4. The molecule has 1 aromatic rings. The molecule has 1 atom stereocenters. The molecule has 0 aliphatic carbocycles. The smallest absolute Gasteiger partial charge is 0.240 e. The lowest BCUT2D eigenvalue weighted by atomic mass is 10.2. The minimum absolute atomic E-state index is 0.236. The van der Waals surface area contributed by atoms with Crippen molar-refractivity contribution in [2.75, 3.05) is 33.7 Å². The van der Waals surface area contributed by atoms with Crippen molar-refractivity contribution >= 4 is 0 Å². The molecule has 102 valence electrons. The number of piperazine rings is 1. The number of hydrogen-bond acceptors (Lipinski definition) is 6. The molecule has 18 heavy (non-hydrogen) atoms. The summed E-state index contributed by atoms with van der Waals surface area (Å²) >= 11 is 0. The van der Waals surface area contributed by atoms with Crippen LogP contribution in [0.4, 0.5) is 0 Å². The van der Waals surface area contributed by atoms with Gasteiger partial charge in [-0.25, -0.2) is 0 Å². The van der Waals surface area contributed by atoms with E-state index in [0.29, 0.717) is 18.5 Å². The molecule has 2 rings (SSSR count). The van der Waals surface area contributed by atoms with E-state index < -0.39 is 0 Å². The van der Waals surface area contributed by atoms with E-state index in [1.54, 1.807) is 0 Å². The molecule has 1 fully saturated rings. The van der Waals surface area contributed by atoms with Crippen molar-refractivity contribution in [3.8, 4) is 0 Å². The first-order valence-electron chi connectivity index (χ1n) is 6.51. The Balaban J connectivity index is 1.99. The maximum absolute atomic E-state index is 5.28. The van der Waals surface area contributed by atoms with Gasteiger partial charge in [0.25, 0.3) is 0 Å². The van der Waals surface area contributed by atoms with Crippen molar-refractivity contribution in [3.63, 3.8) is 0 Å². The van der Waals surface area contributed by atoms with Gasteiger partial charge in [0.15, 0.2) is 5.82 Å². The molecule has 1 aromatic heterocycles. The summed E-state index contributed by atoms with van der Waals surface area (Å²) < 4.78 is 5.28. The second-order valence-corrected chi connectivity index (χ2v) is 5.34. The molecule has 1 aliphatic heterocycles. The van der Waals surface area contributed by atoms with Gasteiger partial charge < -0.3 is 14.7 Å². The van der Waals surface area contributed by atoms with E-state index in [1.165, 1.54) is 0 Å². The van der Waals surface area contributed by atoms with Crippen molar-refractivity contribution in [1.82, 2.24) is 25.3 Å². The van der Waals surface area contributed by atoms with Gasteiger partial charge in [-0.1, -0.05) is 19.0 Å². The Morgan fingerprint density at radius 3 is 2.89 bits per heavy atom. The Hall–Kier alpha value is -0.980. The molecule has 0 radical (unpaired) electrons. The van der Waals surface area contributed by atoms with E-state index in [-0.39, 0.29) is 6.04 Å². The molecule has 1 aliphatic rings. The van der Waals surface area contributed by atoms with Gasteiger partial charge in [-0.3, -0.25) is 4.90 Å². The Kier molecular flexibility index (Phi) is 4.31. The average Bonchev–Trinajstić information content (AvgIpc) is 2.78. The predicted molar refractivity (Wildman–Crippen MR) is 69.1 cm³/mol. The maximum atomic E-state index is 5.28. The molecular formula is C12H23N5O. The van der Waals surface area contributed by atoms with Crippen LogP contribution in [0.15, 0.2) is 4.52 Å². The van der Waals surface area contributed by atoms with Gasteiger partial charge in [-0.05, 0) is 14.1 Å². The van der Waals surface area contributed by atoms with Crippen LogP contribution in [0.25, 0.3) is 0 Å². The molecule has 0 amide bonds. The fraction of sp³-hybridized carbons (Fsp3) is 0.833. The molecule has 0 aromatic carbocycles. The Labute approximate surface area is 108 Å². The Morgan fingerprint density at radius 1 is 1.39 bits per heavy atom. The van der Waals surface area contributed by atoms with Crippen molar-refractivity contribution in [2.45, 2.75) is 32.5 Å². The van der Waals surface area contributed by atoms with Crippen LogP contribution < -0.4 is 5.32 Å². The van der Waals surface area contributed by atoms with E-state index in [1.807, 2.05) is 0 Å². The van der Waals surface area contributed by atoms with Crippen molar-refractivity contribution in [3.05, 3.63) is 11.7 Å². The lowest BCUT2D eigenvalue weighted by Gasteiger charge is -2.35. The van der Waals surface area contributed by atoms with Gasteiger partial charge in [-0.15, -0.1) is 0 Å². The van der Waals surface area contributed by atoms with Gasteiger partial charge in [0, 0.05) is 25.7 Å². The molecule has 0 saturated carbocycles. The van der Waals surface area contributed by atoms with Crippen LogP contribution in [0.1, 0.15) is 31.6 Å². The lowest BCUT2D eigenvalue weighted by Crippen LogP contribution is -2.45. The van der Waals surface area contributed by atoms with Crippen LogP contribution >= 0.6 is 0 Å². The van der Waals surface area contributed by atoms with E-state index in [4.69, 9.17) is 4.52 Å². The maximum Gasteiger partial charge on any atom is 0.240 e. The summed E-state index contributed by atoms with van der Waals surface area (Å²) in [5.74, 6) is 1.46. The quantitative estimate of drug-likeness (QED) is 0.842. The third-order valence-electron chi connectivity index (χ3n) is 3.29. The van der Waals surface area contributed by atoms with E-state index in [9.17, 15) is 0 Å². The first-order valence-corrected chi connectivity index (χ1v) is 6.51. The minimum Gasteiger partial charge on any atom is -0.338 e. The average molecular weight is 253 g/mol. The Bertz CT molecular complexity index is 378. The summed E-state index contributed by atoms with van der Waals surface area (Å²) in [5.41, 5.74) is 0. The Morgan fingerprint density at radius 2 is 2.17 bits per heavy atom. The van der Waals surface area contributed by atoms with Gasteiger partial charge in [-0.2, -0.15) is 4.98 Å². The summed E-state index contributed by atoms with van der Waals surface area (Å²) in [5, 5.41) is 7.39. The number of likely N-dealkylation sites (N-methyl/N-ethyl adjacent to an activating group) is 2. The van der Waals surface area contributed by atoms with Crippen LogP contribution in [-0.2, 0) is 6.54 Å². The second-order valence-electron chi connectivity index (χ2n) is 5.34. The fourth-order valence-electron chi connectivity index (χ4n) is 2.06. The fourth-order valence-corrected chi connectivity index (χ4v) is 2.06. The monoisotopic (exact) mass is 253 g/mol. The summed E-state index contributed by atoms with van der Waals surface area (Å²) in [6.07, 6.45) is 0. The lowest BCUT2D eigenvalue weighted by molar-refractivity contribution is 0.108. The van der Waals surface area contributed by atoms with Crippen LogP contribution in [-0.4, -0.2) is 59.7 Å². The standard InChI is InChI=1S/C12H23N5O/c1-9(2)13-7-11-14-12(15-18-11)10-8-16(3)5-6-17(10)4/h9-10,13H,5-8H2,1-4H3. The van der Waals surface area contributed by atoms with Gasteiger partial charge >= 0.3 is 0 Å². The molecule has 2 heterocycles. The highest BCUT2D eigenvalue weighted by molar-refractivity contribution is 4.97. The number of rotatable bonds is 4. The third-order valence-corrected chi connectivity index (χ3v) is 3.29. The van der Waals surface area contributed by atoms with Gasteiger partial charge in [0.2, 0.25) is 5.89 Å². The van der Waals surface area contributed by atoms with E-state index in [2.05, 4.69) is 53.2 Å². The number of nitrogens with one attached hydrogen (secondary N) is 1. The van der Waals surface area contributed by atoms with Crippen molar-refractivity contribution in [2.24, 2.45) is 0 Å². The van der Waals surface area contributed by atoms with Crippen LogP contribution in [0, 0.1) is 0 Å². The molecule has 1 saturated heterocycles. The topological polar surface area (TPSA) is 57.4 Å². The van der Waals surface area contributed by atoms with Crippen LogP contribution in [0.3, 0.4) is 0 Å². The summed E-state index contributed by atoms with van der Waals surface area (Å²) in [6.45, 7) is 7.91. The second kappa shape index (κ2) is 5.77. The highest BCUT2D eigenvalue weighted by Gasteiger charge is 2.27. The number of aromatic nitrogens is 2. The molecule has 1 N–H and O–H groups in total.